The second-order valence-electron chi connectivity index (χ2n) is 2.37. The van der Waals surface area contributed by atoms with Crippen molar-refractivity contribution in [3.05, 3.63) is 0 Å². The monoisotopic (exact) mass is 267 g/mol. The molecule has 0 saturated heterocycles. The molecule has 14 heavy (non-hydrogen) atoms. The summed E-state index contributed by atoms with van der Waals surface area (Å²) in [4.78, 5) is 45.2. The van der Waals surface area contributed by atoms with Crippen LogP contribution in [0.3, 0.4) is 0 Å². The first-order chi connectivity index (χ1) is 5.98. The molecule has 11 heteroatoms. The SMILES string of the molecule is NC(C(=O)CCl)(P(=O)(O)O)P(=O)(O)O. The summed E-state index contributed by atoms with van der Waals surface area (Å²) in [5, 5.41) is -3.55. The largest absolute Gasteiger partial charge is 0.365 e. The molecular formula is C3H8ClNO7P2. The minimum Gasteiger partial charge on any atom is -0.322 e. The molecule has 84 valence electrons. The molecule has 0 heterocycles. The molecule has 0 atom stereocenters. The predicted molar refractivity (Wildman–Crippen MR) is 46.7 cm³/mol. The zero-order valence-corrected chi connectivity index (χ0v) is 9.12. The van der Waals surface area contributed by atoms with Crippen molar-refractivity contribution in [2.45, 2.75) is 5.02 Å². The van der Waals surface area contributed by atoms with Gasteiger partial charge in [-0.15, -0.1) is 11.6 Å². The van der Waals surface area contributed by atoms with E-state index in [0.29, 0.717) is 0 Å². The summed E-state index contributed by atoms with van der Waals surface area (Å²) < 4.78 is 21.4. The van der Waals surface area contributed by atoms with Crippen LogP contribution in [-0.4, -0.2) is 36.3 Å². The Kier molecular flexibility index (Phi) is 4.06. The van der Waals surface area contributed by atoms with Crippen LogP contribution in [0.15, 0.2) is 0 Å². The Labute approximate surface area is 83.4 Å². The van der Waals surface area contributed by atoms with Crippen molar-refractivity contribution in [3.63, 3.8) is 0 Å². The molecule has 0 aliphatic rings. The number of carbonyl (C=O) groups excluding carboxylic acids is 1. The van der Waals surface area contributed by atoms with Crippen LogP contribution in [0, 0.1) is 0 Å². The van der Waals surface area contributed by atoms with Gasteiger partial charge in [-0.25, -0.2) is 0 Å². The Morgan fingerprint density at radius 3 is 1.57 bits per heavy atom. The Hall–Kier alpha value is 0.220. The Balaban J connectivity index is 5.66. The highest BCUT2D eigenvalue weighted by molar-refractivity contribution is 7.74. The summed E-state index contributed by atoms with van der Waals surface area (Å²) in [6.45, 7) is 0. The summed E-state index contributed by atoms with van der Waals surface area (Å²) in [6, 6.07) is 0. The van der Waals surface area contributed by atoms with E-state index in [-0.39, 0.29) is 0 Å². The lowest BCUT2D eigenvalue weighted by Gasteiger charge is -2.28. The minimum atomic E-state index is -5.50. The van der Waals surface area contributed by atoms with Gasteiger partial charge < -0.3 is 19.6 Å². The van der Waals surface area contributed by atoms with Crippen molar-refractivity contribution in [1.29, 1.82) is 0 Å². The third kappa shape index (κ3) is 2.24. The average molecular weight is 267 g/mol. The first kappa shape index (κ1) is 14.2. The summed E-state index contributed by atoms with van der Waals surface area (Å²) in [6.07, 6.45) is 0. The van der Waals surface area contributed by atoms with E-state index in [1.165, 1.54) is 0 Å². The van der Waals surface area contributed by atoms with Crippen LogP contribution in [0.1, 0.15) is 0 Å². The maximum atomic E-state index is 10.9. The van der Waals surface area contributed by atoms with Gasteiger partial charge >= 0.3 is 15.2 Å². The number of hydrogen-bond donors (Lipinski definition) is 5. The van der Waals surface area contributed by atoms with Crippen molar-refractivity contribution in [3.8, 4) is 0 Å². The van der Waals surface area contributed by atoms with E-state index >= 15 is 0 Å². The van der Waals surface area contributed by atoms with Crippen molar-refractivity contribution in [2.24, 2.45) is 5.73 Å². The molecule has 0 spiro atoms. The molecule has 0 aromatic heterocycles. The van der Waals surface area contributed by atoms with E-state index in [1.54, 1.807) is 0 Å². The molecule has 0 bridgehead atoms. The van der Waals surface area contributed by atoms with E-state index in [1.807, 2.05) is 0 Å². The number of rotatable bonds is 4. The molecule has 0 unspecified atom stereocenters. The minimum absolute atomic E-state index is 1.01. The first-order valence-electron chi connectivity index (χ1n) is 2.98. The molecule has 0 saturated carbocycles. The molecule has 0 amide bonds. The maximum absolute atomic E-state index is 10.9. The van der Waals surface area contributed by atoms with Gasteiger partial charge in [-0.05, 0) is 0 Å². The summed E-state index contributed by atoms with van der Waals surface area (Å²) in [7, 11) is -11.0. The van der Waals surface area contributed by atoms with Gasteiger partial charge in [-0.2, -0.15) is 0 Å². The van der Waals surface area contributed by atoms with Gasteiger partial charge in [0.1, 0.15) is 0 Å². The number of halogens is 1. The van der Waals surface area contributed by atoms with Crippen molar-refractivity contribution in [2.75, 3.05) is 5.88 Å². The van der Waals surface area contributed by atoms with Crippen LogP contribution < -0.4 is 5.73 Å². The molecule has 0 aliphatic heterocycles. The fourth-order valence-corrected chi connectivity index (χ4v) is 3.16. The number of nitrogens with two attached hydrogens (primary N) is 1. The number of hydrogen-bond acceptors (Lipinski definition) is 4. The molecular weight excluding hydrogens is 259 g/mol. The van der Waals surface area contributed by atoms with Crippen molar-refractivity contribution < 1.29 is 33.5 Å². The smallest absolute Gasteiger partial charge is 0.322 e. The third-order valence-corrected chi connectivity index (χ3v) is 5.50. The fraction of sp³-hybridized carbons (Fsp3) is 0.667. The van der Waals surface area contributed by atoms with Crippen LogP contribution in [0.5, 0.6) is 0 Å². The highest BCUT2D eigenvalue weighted by Gasteiger charge is 2.62. The third-order valence-electron chi connectivity index (χ3n) is 1.42. The van der Waals surface area contributed by atoms with Gasteiger partial charge in [-0.1, -0.05) is 0 Å². The Bertz CT molecular complexity index is 308. The van der Waals surface area contributed by atoms with Gasteiger partial charge in [0.2, 0.25) is 0 Å². The van der Waals surface area contributed by atoms with E-state index in [2.05, 4.69) is 0 Å². The normalized spacial score (nSPS) is 14.1. The molecule has 0 aliphatic carbocycles. The summed E-state index contributed by atoms with van der Waals surface area (Å²) in [5.74, 6) is -2.62. The maximum Gasteiger partial charge on any atom is 0.365 e. The Morgan fingerprint density at radius 2 is 1.50 bits per heavy atom. The quantitative estimate of drug-likeness (QED) is 0.312. The van der Waals surface area contributed by atoms with Gasteiger partial charge in [0, 0.05) is 0 Å². The summed E-state index contributed by atoms with van der Waals surface area (Å²) in [5.41, 5.74) is 4.75. The fourth-order valence-electron chi connectivity index (χ4n) is 0.593. The number of Topliss-reactive ketones (excluding diaryl/α,β-unsaturated/α-hetero) is 1. The zero-order chi connectivity index (χ0) is 11.8. The van der Waals surface area contributed by atoms with Gasteiger partial charge in [0.05, 0.1) is 5.88 Å². The second kappa shape index (κ2) is 4.00. The van der Waals surface area contributed by atoms with E-state index in [0.717, 1.165) is 0 Å². The van der Waals surface area contributed by atoms with Crippen LogP contribution in [-0.2, 0) is 13.9 Å². The van der Waals surface area contributed by atoms with E-state index in [4.69, 9.17) is 36.9 Å². The van der Waals surface area contributed by atoms with Crippen LogP contribution in [0.2, 0.25) is 0 Å². The lowest BCUT2D eigenvalue weighted by Crippen LogP contribution is -2.47. The Morgan fingerprint density at radius 1 is 1.21 bits per heavy atom. The first-order valence-corrected chi connectivity index (χ1v) is 6.74. The van der Waals surface area contributed by atoms with Crippen LogP contribution >= 0.6 is 26.8 Å². The highest BCUT2D eigenvalue weighted by Crippen LogP contribution is 2.66. The number of alkyl halides is 1. The lowest BCUT2D eigenvalue weighted by atomic mass is 10.4. The van der Waals surface area contributed by atoms with Crippen molar-refractivity contribution >= 4 is 32.6 Å². The number of ketones is 1. The molecule has 6 N–H and O–H groups in total. The van der Waals surface area contributed by atoms with Gasteiger partial charge in [0.25, 0.3) is 5.02 Å². The molecule has 0 rings (SSSR count). The predicted octanol–water partition coefficient (Wildman–Crippen LogP) is -1.24. The molecule has 0 fully saturated rings. The molecule has 0 aromatic carbocycles. The lowest BCUT2D eigenvalue weighted by molar-refractivity contribution is -0.117. The molecule has 8 nitrogen and oxygen atoms in total. The van der Waals surface area contributed by atoms with Crippen molar-refractivity contribution in [1.82, 2.24) is 0 Å². The van der Waals surface area contributed by atoms with E-state index in [9.17, 15) is 13.9 Å². The average Bonchev–Trinajstić information content (AvgIpc) is 1.97. The summed E-state index contributed by atoms with van der Waals surface area (Å²) >= 11 is 4.93. The second-order valence-corrected chi connectivity index (χ2v) is 6.58. The van der Waals surface area contributed by atoms with Gasteiger partial charge in [0.15, 0.2) is 5.78 Å². The number of carbonyl (C=O) groups is 1. The van der Waals surface area contributed by atoms with E-state index < -0.39 is 31.9 Å². The zero-order valence-electron chi connectivity index (χ0n) is 6.57. The topological polar surface area (TPSA) is 158 Å². The van der Waals surface area contributed by atoms with Crippen LogP contribution in [0.25, 0.3) is 0 Å². The highest BCUT2D eigenvalue weighted by atomic mass is 35.5. The molecule has 0 aromatic rings. The van der Waals surface area contributed by atoms with Gasteiger partial charge in [-0.3, -0.25) is 19.7 Å². The van der Waals surface area contributed by atoms with Crippen LogP contribution in [0.4, 0.5) is 0 Å². The molecule has 0 radical (unpaired) electrons. The standard InChI is InChI=1S/C3H8ClNO7P2/c4-1-2(6)3(5,13(7,8)9)14(10,11)12/h1,5H2,(H2,7,8,9)(H2,10,11,12).